The molecule has 0 saturated carbocycles. The van der Waals surface area contributed by atoms with Crippen molar-refractivity contribution in [2.75, 3.05) is 13.2 Å². The molecule has 0 unspecified atom stereocenters. The fourth-order valence-electron chi connectivity index (χ4n) is 1.51. The number of benzene rings is 1. The molecule has 0 fully saturated rings. The molecule has 0 heterocycles. The van der Waals surface area contributed by atoms with E-state index in [1.165, 1.54) is 12.1 Å². The van der Waals surface area contributed by atoms with Crippen LogP contribution < -0.4 is 4.74 Å². The van der Waals surface area contributed by atoms with Gasteiger partial charge in [0.05, 0.1) is 17.1 Å². The summed E-state index contributed by atoms with van der Waals surface area (Å²) in [5.41, 5.74) is -1.28. The van der Waals surface area contributed by atoms with Crippen molar-refractivity contribution in [2.24, 2.45) is 0 Å². The molecular formula is C13H17NO6. The number of nitro groups is 1. The lowest BCUT2D eigenvalue weighted by Crippen LogP contribution is -2.22. The zero-order valence-electron chi connectivity index (χ0n) is 11.6. The summed E-state index contributed by atoms with van der Waals surface area (Å²) in [6.45, 7) is 6.00. The van der Waals surface area contributed by atoms with E-state index >= 15 is 0 Å². The highest BCUT2D eigenvalue weighted by atomic mass is 16.6. The van der Waals surface area contributed by atoms with Crippen LogP contribution in [-0.4, -0.2) is 34.8 Å². The van der Waals surface area contributed by atoms with E-state index in [2.05, 4.69) is 0 Å². The number of hydrogen-bond acceptors (Lipinski definition) is 5. The average molecular weight is 283 g/mol. The normalized spacial score (nSPS) is 11.2. The summed E-state index contributed by atoms with van der Waals surface area (Å²) in [6.07, 6.45) is 0. The van der Waals surface area contributed by atoms with Crippen LogP contribution >= 0.6 is 0 Å². The van der Waals surface area contributed by atoms with Gasteiger partial charge in [0, 0.05) is 6.07 Å². The first kappa shape index (κ1) is 15.9. The summed E-state index contributed by atoms with van der Waals surface area (Å²) in [7, 11) is 0. The molecule has 1 rings (SSSR count). The van der Waals surface area contributed by atoms with Crippen LogP contribution in [0.25, 0.3) is 0 Å². The second-order valence-corrected chi connectivity index (χ2v) is 5.02. The summed E-state index contributed by atoms with van der Waals surface area (Å²) in [5.74, 6) is -1.44. The van der Waals surface area contributed by atoms with Crippen molar-refractivity contribution in [2.45, 2.75) is 26.4 Å². The minimum Gasteiger partial charge on any atom is -0.490 e. The van der Waals surface area contributed by atoms with Gasteiger partial charge in [0.15, 0.2) is 5.56 Å². The molecule has 0 aromatic heterocycles. The van der Waals surface area contributed by atoms with E-state index in [1.807, 2.05) is 20.8 Å². The molecule has 0 aliphatic heterocycles. The number of aromatic carboxylic acids is 1. The van der Waals surface area contributed by atoms with Crippen molar-refractivity contribution in [1.29, 1.82) is 0 Å². The Balaban J connectivity index is 2.82. The van der Waals surface area contributed by atoms with E-state index in [4.69, 9.17) is 14.6 Å². The lowest BCUT2D eigenvalue weighted by molar-refractivity contribution is -0.385. The zero-order valence-corrected chi connectivity index (χ0v) is 11.6. The number of nitro benzene ring substituents is 1. The van der Waals surface area contributed by atoms with Gasteiger partial charge in [0.1, 0.15) is 12.4 Å². The van der Waals surface area contributed by atoms with Gasteiger partial charge in [-0.3, -0.25) is 10.1 Å². The van der Waals surface area contributed by atoms with Crippen LogP contribution in [-0.2, 0) is 4.74 Å². The Morgan fingerprint density at radius 2 is 2.00 bits per heavy atom. The van der Waals surface area contributed by atoms with Crippen LogP contribution in [0.5, 0.6) is 5.75 Å². The fraction of sp³-hybridized carbons (Fsp3) is 0.462. The molecular weight excluding hydrogens is 266 g/mol. The molecule has 1 N–H and O–H groups in total. The van der Waals surface area contributed by atoms with Crippen LogP contribution in [0.15, 0.2) is 18.2 Å². The van der Waals surface area contributed by atoms with Crippen molar-refractivity contribution < 1.29 is 24.3 Å². The number of ether oxygens (including phenoxy) is 2. The number of carboxylic acids is 1. The van der Waals surface area contributed by atoms with E-state index in [-0.39, 0.29) is 24.6 Å². The van der Waals surface area contributed by atoms with Gasteiger partial charge in [-0.25, -0.2) is 4.79 Å². The quantitative estimate of drug-likeness (QED) is 0.489. The summed E-state index contributed by atoms with van der Waals surface area (Å²) in [4.78, 5) is 21.2. The minimum absolute atomic E-state index is 0.0378. The van der Waals surface area contributed by atoms with Crippen LogP contribution in [0.1, 0.15) is 31.1 Å². The molecule has 0 radical (unpaired) electrons. The van der Waals surface area contributed by atoms with Gasteiger partial charge >= 0.3 is 5.97 Å². The maximum Gasteiger partial charge on any atom is 0.346 e. The third kappa shape index (κ3) is 4.51. The maximum absolute atomic E-state index is 11.1. The summed E-state index contributed by atoms with van der Waals surface area (Å²) < 4.78 is 10.7. The Labute approximate surface area is 116 Å². The Bertz CT molecular complexity index is 506. The van der Waals surface area contributed by atoms with Gasteiger partial charge in [-0.2, -0.15) is 0 Å². The molecule has 0 bridgehead atoms. The molecule has 1 aromatic rings. The lowest BCUT2D eigenvalue weighted by Gasteiger charge is -2.19. The molecule has 0 aliphatic rings. The average Bonchev–Trinajstić information content (AvgIpc) is 2.32. The number of rotatable bonds is 6. The van der Waals surface area contributed by atoms with Crippen LogP contribution in [0.3, 0.4) is 0 Å². The highest BCUT2D eigenvalue weighted by Crippen LogP contribution is 2.28. The summed E-state index contributed by atoms with van der Waals surface area (Å²) in [5, 5.41) is 19.9. The molecule has 110 valence electrons. The number of carbonyl (C=O) groups is 1. The number of carboxylic acid groups (broad SMARTS) is 1. The van der Waals surface area contributed by atoms with E-state index in [0.717, 1.165) is 6.07 Å². The first-order valence-corrected chi connectivity index (χ1v) is 6.00. The van der Waals surface area contributed by atoms with E-state index in [1.54, 1.807) is 0 Å². The Morgan fingerprint density at radius 1 is 1.35 bits per heavy atom. The molecule has 0 amide bonds. The minimum atomic E-state index is -1.40. The van der Waals surface area contributed by atoms with Gasteiger partial charge < -0.3 is 14.6 Å². The van der Waals surface area contributed by atoms with Crippen molar-refractivity contribution in [1.82, 2.24) is 0 Å². The van der Waals surface area contributed by atoms with Crippen LogP contribution in [0.2, 0.25) is 0 Å². The highest BCUT2D eigenvalue weighted by molar-refractivity contribution is 5.95. The summed E-state index contributed by atoms with van der Waals surface area (Å²) >= 11 is 0. The molecule has 0 saturated heterocycles. The molecule has 0 spiro atoms. The highest BCUT2D eigenvalue weighted by Gasteiger charge is 2.24. The maximum atomic E-state index is 11.1. The number of nitrogens with zero attached hydrogens (tertiary/aromatic N) is 1. The monoisotopic (exact) mass is 283 g/mol. The van der Waals surface area contributed by atoms with Crippen LogP contribution in [0, 0.1) is 10.1 Å². The van der Waals surface area contributed by atoms with E-state index < -0.39 is 22.1 Å². The predicted octanol–water partition coefficient (Wildman–Crippen LogP) is 2.49. The second kappa shape index (κ2) is 6.33. The third-order valence-corrected chi connectivity index (χ3v) is 2.29. The topological polar surface area (TPSA) is 98.9 Å². The van der Waals surface area contributed by atoms with Crippen molar-refractivity contribution >= 4 is 11.7 Å². The van der Waals surface area contributed by atoms with Gasteiger partial charge in [-0.1, -0.05) is 6.07 Å². The van der Waals surface area contributed by atoms with Gasteiger partial charge in [-0.15, -0.1) is 0 Å². The van der Waals surface area contributed by atoms with Crippen LogP contribution in [0.4, 0.5) is 5.69 Å². The summed E-state index contributed by atoms with van der Waals surface area (Å²) in [6, 6.07) is 3.89. The molecule has 0 atom stereocenters. The van der Waals surface area contributed by atoms with Crippen molar-refractivity contribution in [3.8, 4) is 5.75 Å². The fourth-order valence-corrected chi connectivity index (χ4v) is 1.51. The molecule has 7 heteroatoms. The van der Waals surface area contributed by atoms with Crippen molar-refractivity contribution in [3.63, 3.8) is 0 Å². The smallest absolute Gasteiger partial charge is 0.346 e. The first-order chi connectivity index (χ1) is 9.22. The van der Waals surface area contributed by atoms with Gasteiger partial charge in [0.25, 0.3) is 5.69 Å². The first-order valence-electron chi connectivity index (χ1n) is 6.00. The van der Waals surface area contributed by atoms with E-state index in [0.29, 0.717) is 0 Å². The van der Waals surface area contributed by atoms with Crippen molar-refractivity contribution in [3.05, 3.63) is 33.9 Å². The Hall–Kier alpha value is -2.15. The lowest BCUT2D eigenvalue weighted by atomic mass is 10.1. The second-order valence-electron chi connectivity index (χ2n) is 5.02. The zero-order chi connectivity index (χ0) is 15.3. The SMILES string of the molecule is CC(C)(C)OCCOc1cccc([N+](=O)[O-])c1C(=O)O. The standard InChI is InChI=1S/C13H17NO6/c1-13(2,3)20-8-7-19-10-6-4-5-9(14(17)18)11(10)12(15)16/h4-6H,7-8H2,1-3H3,(H,15,16). The van der Waals surface area contributed by atoms with Gasteiger partial charge in [-0.05, 0) is 26.8 Å². The third-order valence-electron chi connectivity index (χ3n) is 2.29. The molecule has 0 aliphatic carbocycles. The molecule has 7 nitrogen and oxygen atoms in total. The largest absolute Gasteiger partial charge is 0.490 e. The van der Waals surface area contributed by atoms with Gasteiger partial charge in [0.2, 0.25) is 0 Å². The van der Waals surface area contributed by atoms with E-state index in [9.17, 15) is 14.9 Å². The molecule has 20 heavy (non-hydrogen) atoms. The number of hydrogen-bond donors (Lipinski definition) is 1. The Kier molecular flexibility index (Phi) is 5.04. The molecule has 1 aromatic carbocycles. The Morgan fingerprint density at radius 3 is 2.50 bits per heavy atom. The predicted molar refractivity (Wildman–Crippen MR) is 71.3 cm³/mol.